The van der Waals surface area contributed by atoms with E-state index in [-0.39, 0.29) is 30.3 Å². The molecule has 12 heteroatoms. The van der Waals surface area contributed by atoms with E-state index in [0.29, 0.717) is 35.1 Å². The van der Waals surface area contributed by atoms with E-state index >= 15 is 0 Å². The third-order valence-electron chi connectivity index (χ3n) is 6.02. The molecule has 3 heterocycles. The number of nitrogens with zero attached hydrogens (tertiary/aromatic N) is 2. The van der Waals surface area contributed by atoms with Crippen LogP contribution in [0.4, 0.5) is 15.9 Å². The van der Waals surface area contributed by atoms with E-state index in [4.69, 9.17) is 16.3 Å². The summed E-state index contributed by atoms with van der Waals surface area (Å²) in [6, 6.07) is 13.2. The van der Waals surface area contributed by atoms with Crippen LogP contribution < -0.4 is 20.1 Å². The van der Waals surface area contributed by atoms with Crippen molar-refractivity contribution in [3.8, 4) is 17.6 Å². The van der Waals surface area contributed by atoms with Crippen molar-refractivity contribution in [3.63, 3.8) is 0 Å². The summed E-state index contributed by atoms with van der Waals surface area (Å²) < 4.78 is 46.3. The number of rotatable bonds is 8. The zero-order valence-corrected chi connectivity index (χ0v) is 23.3. The smallest absolute Gasteiger partial charge is 0.211 e. The molecule has 8 nitrogen and oxygen atoms in total. The predicted molar refractivity (Wildman–Crippen MR) is 153 cm³/mol. The second-order valence-electron chi connectivity index (χ2n) is 8.92. The molecule has 1 fully saturated rings. The van der Waals surface area contributed by atoms with Gasteiger partial charge in [-0.3, -0.25) is 0 Å². The van der Waals surface area contributed by atoms with Crippen LogP contribution in [0.5, 0.6) is 5.75 Å². The van der Waals surface area contributed by atoms with Crippen molar-refractivity contribution in [1.82, 2.24) is 20.0 Å². The van der Waals surface area contributed by atoms with Gasteiger partial charge >= 0.3 is 0 Å². The average molecular weight is 586 g/mol. The lowest BCUT2D eigenvalue weighted by Crippen LogP contribution is -2.37. The molecule has 4 aromatic rings. The van der Waals surface area contributed by atoms with Crippen molar-refractivity contribution in [2.75, 3.05) is 17.6 Å². The molecule has 2 atom stereocenters. The van der Waals surface area contributed by atoms with Crippen molar-refractivity contribution in [1.29, 1.82) is 0 Å². The Morgan fingerprint density at radius 1 is 1.23 bits per heavy atom. The van der Waals surface area contributed by atoms with Gasteiger partial charge in [0, 0.05) is 18.3 Å². The number of sulfonamides is 1. The largest absolute Gasteiger partial charge is 0.487 e. The van der Waals surface area contributed by atoms with Crippen molar-refractivity contribution in [3.05, 3.63) is 76.1 Å². The van der Waals surface area contributed by atoms with Crippen LogP contribution in [0.15, 0.2) is 54.9 Å². The van der Waals surface area contributed by atoms with E-state index in [1.54, 1.807) is 31.2 Å². The second-order valence-corrected chi connectivity index (χ2v) is 12.4. The molecule has 1 aliphatic heterocycles. The number of fused-ring (bicyclic) bond motifs is 1. The minimum atomic E-state index is -3.25. The number of halogens is 2. The summed E-state index contributed by atoms with van der Waals surface area (Å²) >= 11 is 7.91. The highest BCUT2D eigenvalue weighted by atomic mass is 35.5. The van der Waals surface area contributed by atoms with Crippen molar-refractivity contribution in [2.24, 2.45) is 0 Å². The third-order valence-corrected chi connectivity index (χ3v) is 8.81. The van der Waals surface area contributed by atoms with Crippen molar-refractivity contribution in [2.45, 2.75) is 32.0 Å². The number of hydrogen-bond acceptors (Lipinski definition) is 8. The summed E-state index contributed by atoms with van der Waals surface area (Å²) in [7, 11) is -3.25. The lowest BCUT2D eigenvalue weighted by molar-refractivity contribution is 0.306. The fraction of sp³-hybridized carbons (Fsp3) is 0.259. The van der Waals surface area contributed by atoms with Crippen LogP contribution >= 0.6 is 22.9 Å². The molecule has 0 spiro atoms. The molecule has 5 rings (SSSR count). The highest BCUT2D eigenvalue weighted by Gasteiger charge is 2.25. The Morgan fingerprint density at radius 2 is 2.10 bits per heavy atom. The first-order chi connectivity index (χ1) is 18.8. The molecule has 0 saturated carbocycles. The predicted octanol–water partition coefficient (Wildman–Crippen LogP) is 4.83. The van der Waals surface area contributed by atoms with Crippen LogP contribution in [0, 0.1) is 17.7 Å². The van der Waals surface area contributed by atoms with Crippen LogP contribution in [-0.4, -0.2) is 42.8 Å². The molecule has 0 aliphatic carbocycles. The Balaban J connectivity index is 1.25. The maximum atomic E-state index is 13.4. The van der Waals surface area contributed by atoms with Crippen LogP contribution in [-0.2, 0) is 16.6 Å². The summed E-state index contributed by atoms with van der Waals surface area (Å²) in [6.45, 7) is 2.35. The average Bonchev–Trinajstić information content (AvgIpc) is 3.54. The van der Waals surface area contributed by atoms with Gasteiger partial charge in [-0.25, -0.2) is 27.5 Å². The van der Waals surface area contributed by atoms with Gasteiger partial charge in [-0.15, -0.1) is 11.3 Å². The number of hydrogen-bond donors (Lipinski definition) is 3. The second kappa shape index (κ2) is 11.9. The Morgan fingerprint density at radius 3 is 2.90 bits per heavy atom. The van der Waals surface area contributed by atoms with E-state index in [2.05, 4.69) is 37.2 Å². The lowest BCUT2D eigenvalue weighted by atomic mass is 10.2. The van der Waals surface area contributed by atoms with Crippen LogP contribution in [0.25, 0.3) is 10.2 Å². The van der Waals surface area contributed by atoms with E-state index in [9.17, 15) is 12.8 Å². The van der Waals surface area contributed by atoms with Gasteiger partial charge < -0.3 is 15.4 Å². The molecular formula is C27H25ClFN5O3S2. The Kier molecular flexibility index (Phi) is 8.30. The summed E-state index contributed by atoms with van der Waals surface area (Å²) in [5, 5.41) is 6.95. The zero-order valence-electron chi connectivity index (χ0n) is 20.9. The quantitative estimate of drug-likeness (QED) is 0.254. The minimum absolute atomic E-state index is 0.0553. The fourth-order valence-corrected chi connectivity index (χ4v) is 6.06. The third kappa shape index (κ3) is 7.03. The zero-order chi connectivity index (χ0) is 27.4. The molecule has 1 aliphatic rings. The maximum Gasteiger partial charge on any atom is 0.211 e. The monoisotopic (exact) mass is 585 g/mol. The van der Waals surface area contributed by atoms with E-state index in [1.807, 2.05) is 12.1 Å². The first kappa shape index (κ1) is 27.3. The first-order valence-corrected chi connectivity index (χ1v) is 15.1. The highest BCUT2D eigenvalue weighted by Crippen LogP contribution is 2.33. The number of anilines is 2. The van der Waals surface area contributed by atoms with Gasteiger partial charge in [0.15, 0.2) is 5.82 Å². The number of ether oxygens (including phenoxy) is 1. The number of nitrogens with one attached hydrogen (secondary N) is 3. The summed E-state index contributed by atoms with van der Waals surface area (Å²) in [5.74, 6) is 7.22. The van der Waals surface area contributed by atoms with Gasteiger partial charge in [-0.05, 0) is 55.3 Å². The Hall–Kier alpha value is -3.27. The fourth-order valence-electron chi connectivity index (χ4n) is 4.06. The molecule has 3 N–H and O–H groups in total. The molecule has 0 unspecified atom stereocenters. The Bertz CT molecular complexity index is 1670. The van der Waals surface area contributed by atoms with E-state index in [0.717, 1.165) is 20.8 Å². The molecule has 1 saturated heterocycles. The summed E-state index contributed by atoms with van der Waals surface area (Å²) in [4.78, 5) is 9.58. The maximum absolute atomic E-state index is 13.4. The van der Waals surface area contributed by atoms with Crippen molar-refractivity contribution >= 4 is 54.7 Å². The molecule has 2 aromatic carbocycles. The number of thiophene rings is 1. The standard InChI is InChI=1S/C27H25ClFN5O3S2/c1-2-39(35,36)34-21-11-19(30-14-21)6-8-22-13-24-26(38-22)27(32-16-31-24)33-20-7-9-25(23(28)12-20)37-15-17-4-3-5-18(29)10-17/h3-5,7,9-10,12-13,16,19,21,30,34H,2,11,14-15H2,1H3,(H,31,32,33)/t19-,21-/m1/s1. The van der Waals surface area contributed by atoms with Crippen LogP contribution in [0.2, 0.25) is 5.02 Å². The highest BCUT2D eigenvalue weighted by molar-refractivity contribution is 7.89. The van der Waals surface area contributed by atoms with Gasteiger partial charge in [-0.1, -0.05) is 35.6 Å². The van der Waals surface area contributed by atoms with Crippen LogP contribution in [0.1, 0.15) is 23.8 Å². The topological polar surface area (TPSA) is 105 Å². The van der Waals surface area contributed by atoms with Gasteiger partial charge in [0.05, 0.1) is 31.9 Å². The summed E-state index contributed by atoms with van der Waals surface area (Å²) in [6.07, 6.45) is 2.09. The first-order valence-electron chi connectivity index (χ1n) is 12.2. The molecule has 0 radical (unpaired) electrons. The van der Waals surface area contributed by atoms with E-state index in [1.165, 1.54) is 29.8 Å². The molecule has 0 bridgehead atoms. The molecule has 202 valence electrons. The molecule has 2 aromatic heterocycles. The number of aromatic nitrogens is 2. The lowest BCUT2D eigenvalue weighted by Gasteiger charge is -2.11. The van der Waals surface area contributed by atoms with Crippen molar-refractivity contribution < 1.29 is 17.5 Å². The minimum Gasteiger partial charge on any atom is -0.487 e. The molecular weight excluding hydrogens is 561 g/mol. The number of benzene rings is 2. The molecule has 0 amide bonds. The van der Waals surface area contributed by atoms with Gasteiger partial charge in [0.1, 0.15) is 24.5 Å². The Labute approximate surface area is 235 Å². The van der Waals surface area contributed by atoms with Crippen LogP contribution in [0.3, 0.4) is 0 Å². The van der Waals surface area contributed by atoms with Gasteiger partial charge in [-0.2, -0.15) is 0 Å². The van der Waals surface area contributed by atoms with Gasteiger partial charge in [0.2, 0.25) is 10.0 Å². The van der Waals surface area contributed by atoms with Gasteiger partial charge in [0.25, 0.3) is 0 Å². The SMILES string of the molecule is CCS(=O)(=O)N[C@H]1CN[C@H](C#Cc2cc3ncnc(Nc4ccc(OCc5cccc(F)c5)c(Cl)c4)c3s2)C1. The molecule has 39 heavy (non-hydrogen) atoms. The summed E-state index contributed by atoms with van der Waals surface area (Å²) in [5.41, 5.74) is 2.18. The van der Waals surface area contributed by atoms with E-state index < -0.39 is 10.0 Å². The normalized spacial score (nSPS) is 17.1.